The number of hydrogen-bond donors (Lipinski definition) is 0. The molecule has 88 valence electrons. The highest BCUT2D eigenvalue weighted by Crippen LogP contribution is 2.23. The monoisotopic (exact) mass is 243 g/mol. The lowest BCUT2D eigenvalue weighted by Crippen LogP contribution is -2.47. The highest BCUT2D eigenvalue weighted by Gasteiger charge is 2.45. The summed E-state index contributed by atoms with van der Waals surface area (Å²) in [5.41, 5.74) is 0. The summed E-state index contributed by atoms with van der Waals surface area (Å²) in [5, 5.41) is 8.97. The van der Waals surface area contributed by atoms with E-state index in [1.165, 1.54) is 27.6 Å². The van der Waals surface area contributed by atoms with E-state index in [4.69, 9.17) is 27.4 Å². The fourth-order valence-electron chi connectivity index (χ4n) is 1.13. The molecule has 1 rings (SSSR count). The van der Waals surface area contributed by atoms with Crippen molar-refractivity contribution in [1.29, 1.82) is 5.26 Å². The minimum absolute atomic E-state index is 0.380. The van der Waals surface area contributed by atoms with Crippen LogP contribution in [-0.4, -0.2) is 30.4 Å². The fourth-order valence-corrected chi connectivity index (χ4v) is 2.37. The van der Waals surface area contributed by atoms with Crippen molar-refractivity contribution in [3.8, 4) is 6.07 Å². The largest absolute Gasteiger partial charge is 0.680 e. The average Bonchev–Trinajstić information content (AvgIpc) is 2.85. The quantitative estimate of drug-likeness (QED) is 0.700. The van der Waals surface area contributed by atoms with Gasteiger partial charge in [-0.3, -0.25) is 0 Å². The number of furan rings is 1. The van der Waals surface area contributed by atoms with Crippen LogP contribution in [0, 0.1) is 11.3 Å². The van der Waals surface area contributed by atoms with Gasteiger partial charge in [-0.15, -0.1) is 0 Å². The van der Waals surface area contributed by atoms with Gasteiger partial charge >= 0.3 is 9.05 Å². The summed E-state index contributed by atoms with van der Waals surface area (Å²) in [7, 11) is 0.956. The van der Waals surface area contributed by atoms with Crippen molar-refractivity contribution in [2.24, 2.45) is 0 Å². The van der Waals surface area contributed by atoms with Gasteiger partial charge in [0, 0.05) is 21.3 Å². The molecule has 0 aliphatic carbocycles. The van der Waals surface area contributed by atoms with Crippen LogP contribution in [0.2, 0.25) is 0 Å². The normalized spacial score (nSPS) is 13.4. The van der Waals surface area contributed by atoms with Gasteiger partial charge in [-0.25, -0.2) is 0 Å². The van der Waals surface area contributed by atoms with Gasteiger partial charge in [-0.2, -0.15) is 5.26 Å². The number of hydrogen-bond acceptors (Lipinski definition) is 6. The first-order chi connectivity index (χ1) is 7.71. The van der Waals surface area contributed by atoms with Crippen molar-refractivity contribution in [2.75, 3.05) is 21.3 Å². The van der Waals surface area contributed by atoms with Crippen LogP contribution in [0.5, 0.6) is 0 Å². The van der Waals surface area contributed by atoms with E-state index in [1.807, 2.05) is 6.07 Å². The predicted octanol–water partition coefficient (Wildman–Crippen LogP) is 1.24. The van der Waals surface area contributed by atoms with E-state index >= 15 is 0 Å². The van der Waals surface area contributed by atoms with Crippen LogP contribution in [0.1, 0.15) is 11.9 Å². The standard InChI is InChI=1S/C9H13NO5Si/c1-11-16(12-2,13-3)15-9(7-10)8-5-4-6-14-8/h4-6,9H,1-3H3. The van der Waals surface area contributed by atoms with E-state index in [0.717, 1.165) is 0 Å². The van der Waals surface area contributed by atoms with Gasteiger partial charge in [0.25, 0.3) is 0 Å². The maximum absolute atomic E-state index is 8.97. The Hall–Kier alpha value is -1.17. The van der Waals surface area contributed by atoms with E-state index in [-0.39, 0.29) is 0 Å². The van der Waals surface area contributed by atoms with Crippen LogP contribution >= 0.6 is 0 Å². The SMILES string of the molecule is CO[Si](OC)(OC)OC(C#N)c1ccco1. The van der Waals surface area contributed by atoms with Gasteiger partial charge in [-0.1, -0.05) is 0 Å². The average molecular weight is 243 g/mol. The summed E-state index contributed by atoms with van der Waals surface area (Å²) in [6.45, 7) is 0. The van der Waals surface area contributed by atoms with Crippen molar-refractivity contribution in [3.63, 3.8) is 0 Å². The lowest BCUT2D eigenvalue weighted by atomic mass is 10.3. The second-order valence-electron chi connectivity index (χ2n) is 2.75. The van der Waals surface area contributed by atoms with Crippen molar-refractivity contribution < 1.29 is 22.1 Å². The lowest BCUT2D eigenvalue weighted by Gasteiger charge is -2.24. The van der Waals surface area contributed by atoms with Crippen molar-refractivity contribution >= 4 is 9.05 Å². The predicted molar refractivity (Wildman–Crippen MR) is 54.9 cm³/mol. The maximum Gasteiger partial charge on any atom is 0.680 e. The van der Waals surface area contributed by atoms with Crippen LogP contribution in [0.25, 0.3) is 0 Å². The molecule has 7 heteroatoms. The van der Waals surface area contributed by atoms with Gasteiger partial charge in [-0.05, 0) is 12.1 Å². The Bertz CT molecular complexity index is 335. The maximum atomic E-state index is 8.97. The van der Waals surface area contributed by atoms with Crippen LogP contribution < -0.4 is 0 Å². The van der Waals surface area contributed by atoms with Crippen molar-refractivity contribution in [1.82, 2.24) is 0 Å². The third-order valence-corrected chi connectivity index (χ3v) is 3.96. The summed E-state index contributed by atoms with van der Waals surface area (Å²) in [4.78, 5) is 0. The Balaban J connectivity index is 2.81. The zero-order chi connectivity index (χ0) is 12.0. The van der Waals surface area contributed by atoms with Gasteiger partial charge in [0.15, 0.2) is 6.10 Å². The van der Waals surface area contributed by atoms with E-state index in [0.29, 0.717) is 5.76 Å². The zero-order valence-corrected chi connectivity index (χ0v) is 10.3. The first kappa shape index (κ1) is 12.9. The van der Waals surface area contributed by atoms with Crippen LogP contribution in [0.4, 0.5) is 0 Å². The molecule has 6 nitrogen and oxygen atoms in total. The molecular weight excluding hydrogens is 230 g/mol. The van der Waals surface area contributed by atoms with E-state index in [9.17, 15) is 0 Å². The minimum Gasteiger partial charge on any atom is -0.465 e. The number of rotatable bonds is 6. The smallest absolute Gasteiger partial charge is 0.465 e. The molecule has 1 aromatic rings. The second-order valence-corrected chi connectivity index (χ2v) is 5.22. The fraction of sp³-hybridized carbons (Fsp3) is 0.444. The van der Waals surface area contributed by atoms with Crippen molar-refractivity contribution in [2.45, 2.75) is 6.10 Å². The summed E-state index contributed by atoms with van der Waals surface area (Å²) in [5.74, 6) is 0.380. The molecule has 0 aromatic carbocycles. The van der Waals surface area contributed by atoms with Crippen molar-refractivity contribution in [3.05, 3.63) is 24.2 Å². The van der Waals surface area contributed by atoms with Gasteiger partial charge in [0.2, 0.25) is 0 Å². The second kappa shape index (κ2) is 5.79. The number of nitriles is 1. The molecule has 1 unspecified atom stereocenters. The molecular formula is C9H13NO5Si. The van der Waals surface area contributed by atoms with Gasteiger partial charge in [0.05, 0.1) is 6.26 Å². The molecule has 16 heavy (non-hydrogen) atoms. The Labute approximate surface area is 94.8 Å². The molecule has 0 radical (unpaired) electrons. The Morgan fingerprint density at radius 3 is 2.31 bits per heavy atom. The highest BCUT2D eigenvalue weighted by molar-refractivity contribution is 6.53. The topological polar surface area (TPSA) is 73.8 Å². The number of nitrogens with zero attached hydrogens (tertiary/aromatic N) is 1. The summed E-state index contributed by atoms with van der Waals surface area (Å²) in [6, 6.07) is 5.24. The van der Waals surface area contributed by atoms with Crippen LogP contribution in [0.3, 0.4) is 0 Å². The summed E-state index contributed by atoms with van der Waals surface area (Å²) < 4.78 is 25.6. The van der Waals surface area contributed by atoms with Crippen LogP contribution in [-0.2, 0) is 17.7 Å². The van der Waals surface area contributed by atoms with E-state index in [1.54, 1.807) is 12.1 Å². The molecule has 0 aliphatic heterocycles. The molecule has 1 atom stereocenters. The molecule has 1 heterocycles. The first-order valence-corrected chi connectivity index (χ1v) is 6.11. The Kier molecular flexibility index (Phi) is 4.66. The third-order valence-electron chi connectivity index (χ3n) is 1.93. The molecule has 0 amide bonds. The first-order valence-electron chi connectivity index (χ1n) is 4.47. The molecule has 0 fully saturated rings. The Morgan fingerprint density at radius 2 is 1.94 bits per heavy atom. The molecule has 0 spiro atoms. The van der Waals surface area contributed by atoms with E-state index in [2.05, 4.69) is 0 Å². The molecule has 0 N–H and O–H groups in total. The van der Waals surface area contributed by atoms with Gasteiger partial charge < -0.3 is 22.1 Å². The van der Waals surface area contributed by atoms with E-state index < -0.39 is 15.2 Å². The third kappa shape index (κ3) is 2.69. The van der Waals surface area contributed by atoms with Gasteiger partial charge in [0.1, 0.15) is 11.8 Å². The summed E-state index contributed by atoms with van der Waals surface area (Å²) in [6.07, 6.45) is 0.542. The molecule has 1 aromatic heterocycles. The highest BCUT2D eigenvalue weighted by atomic mass is 28.4. The lowest BCUT2D eigenvalue weighted by molar-refractivity contribution is -0.0138. The van der Waals surface area contributed by atoms with Crippen LogP contribution in [0.15, 0.2) is 22.8 Å². The minimum atomic E-state index is -3.24. The zero-order valence-electron chi connectivity index (χ0n) is 9.30. The molecule has 0 aliphatic rings. The molecule has 0 bridgehead atoms. The summed E-state index contributed by atoms with van der Waals surface area (Å²) >= 11 is 0. The molecule has 0 saturated heterocycles. The molecule has 0 saturated carbocycles. The Morgan fingerprint density at radius 1 is 1.31 bits per heavy atom.